The largest absolute Gasteiger partial charge is 0.469 e. The predicted molar refractivity (Wildman–Crippen MR) is 65.7 cm³/mol. The molecule has 0 aromatic carbocycles. The van der Waals surface area contributed by atoms with Gasteiger partial charge in [-0.1, -0.05) is 11.6 Å². The minimum absolute atomic E-state index is 0.0387. The van der Waals surface area contributed by atoms with Crippen LogP contribution < -0.4 is 0 Å². The third kappa shape index (κ3) is 2.57. The Morgan fingerprint density at radius 3 is 2.72 bits per heavy atom. The summed E-state index contributed by atoms with van der Waals surface area (Å²) >= 11 is 0. The van der Waals surface area contributed by atoms with E-state index in [1.807, 2.05) is 6.92 Å². The van der Waals surface area contributed by atoms with E-state index in [0.29, 0.717) is 24.9 Å². The average molecular weight is 252 g/mol. The fourth-order valence-corrected chi connectivity index (χ4v) is 3.12. The third-order valence-electron chi connectivity index (χ3n) is 4.00. The molecule has 4 heteroatoms. The van der Waals surface area contributed by atoms with Gasteiger partial charge in [-0.3, -0.25) is 9.59 Å². The van der Waals surface area contributed by atoms with Crippen molar-refractivity contribution in [1.82, 2.24) is 0 Å². The quantitative estimate of drug-likeness (QED) is 0.555. The number of methoxy groups -OCH3 is 1. The van der Waals surface area contributed by atoms with Crippen molar-refractivity contribution in [1.29, 1.82) is 0 Å². The van der Waals surface area contributed by atoms with Gasteiger partial charge in [-0.05, 0) is 38.0 Å². The summed E-state index contributed by atoms with van der Waals surface area (Å²) < 4.78 is 9.73. The molecule has 0 unspecified atom stereocenters. The van der Waals surface area contributed by atoms with Gasteiger partial charge in [-0.2, -0.15) is 0 Å². The summed E-state index contributed by atoms with van der Waals surface area (Å²) in [6.07, 6.45) is 5.31. The molecule has 1 fully saturated rings. The van der Waals surface area contributed by atoms with Crippen LogP contribution in [0.25, 0.3) is 0 Å². The van der Waals surface area contributed by atoms with Crippen LogP contribution in [0.3, 0.4) is 0 Å². The van der Waals surface area contributed by atoms with Gasteiger partial charge in [0.15, 0.2) is 0 Å². The Hall–Kier alpha value is -1.32. The van der Waals surface area contributed by atoms with Crippen LogP contribution in [0.1, 0.15) is 32.6 Å². The smallest absolute Gasteiger partial charge is 0.309 e. The van der Waals surface area contributed by atoms with E-state index in [1.54, 1.807) is 0 Å². The maximum atomic E-state index is 11.7. The number of rotatable bonds is 5. The van der Waals surface area contributed by atoms with Crippen LogP contribution in [0.5, 0.6) is 0 Å². The molecular formula is C14H20O4. The number of esters is 2. The first-order chi connectivity index (χ1) is 8.65. The van der Waals surface area contributed by atoms with Crippen molar-refractivity contribution in [3.05, 3.63) is 11.6 Å². The fourth-order valence-electron chi connectivity index (χ4n) is 3.12. The molecule has 2 aliphatic carbocycles. The summed E-state index contributed by atoms with van der Waals surface area (Å²) in [5.74, 6) is 0.599. The number of allylic oxidation sites excluding steroid dienone is 2. The fraction of sp³-hybridized carbons (Fsp3) is 0.714. The Kier molecular flexibility index (Phi) is 4.04. The van der Waals surface area contributed by atoms with E-state index < -0.39 is 0 Å². The number of ether oxygens (including phenoxy) is 2. The summed E-state index contributed by atoms with van der Waals surface area (Å²) in [5, 5.41) is 0. The topological polar surface area (TPSA) is 52.6 Å². The van der Waals surface area contributed by atoms with Gasteiger partial charge in [0, 0.05) is 6.42 Å². The van der Waals surface area contributed by atoms with Crippen molar-refractivity contribution in [3.8, 4) is 0 Å². The molecule has 18 heavy (non-hydrogen) atoms. The molecule has 3 atom stereocenters. The van der Waals surface area contributed by atoms with E-state index in [9.17, 15) is 9.59 Å². The molecule has 0 aliphatic heterocycles. The Labute approximate surface area is 107 Å². The zero-order valence-corrected chi connectivity index (χ0v) is 11.0. The lowest BCUT2D eigenvalue weighted by Crippen LogP contribution is -2.22. The molecule has 0 saturated heterocycles. The van der Waals surface area contributed by atoms with Crippen molar-refractivity contribution < 1.29 is 19.1 Å². The van der Waals surface area contributed by atoms with Gasteiger partial charge in [0.1, 0.15) is 0 Å². The monoisotopic (exact) mass is 252 g/mol. The number of carbonyl (C=O) groups is 2. The van der Waals surface area contributed by atoms with Crippen molar-refractivity contribution >= 4 is 11.9 Å². The number of fused-ring (bicyclic) bond motifs is 2. The second-order valence-electron chi connectivity index (χ2n) is 5.01. The van der Waals surface area contributed by atoms with Gasteiger partial charge in [0.25, 0.3) is 0 Å². The lowest BCUT2D eigenvalue weighted by molar-refractivity contribution is -0.149. The van der Waals surface area contributed by atoms with Crippen LogP contribution in [0.15, 0.2) is 11.6 Å². The highest BCUT2D eigenvalue weighted by Crippen LogP contribution is 2.49. The van der Waals surface area contributed by atoms with E-state index in [2.05, 4.69) is 10.8 Å². The van der Waals surface area contributed by atoms with Gasteiger partial charge in [-0.25, -0.2) is 0 Å². The van der Waals surface area contributed by atoms with Crippen LogP contribution in [0, 0.1) is 17.8 Å². The molecule has 0 spiro atoms. The van der Waals surface area contributed by atoms with E-state index in [0.717, 1.165) is 19.3 Å². The summed E-state index contributed by atoms with van der Waals surface area (Å²) in [5.41, 5.74) is 1.32. The minimum atomic E-state index is -0.166. The SMILES string of the molecule is CCOC(=O)[C@@H]1C[C@H]2C[C@@H]1C=C2CCC(=O)OC. The van der Waals surface area contributed by atoms with Crippen LogP contribution in [-0.2, 0) is 19.1 Å². The highest BCUT2D eigenvalue weighted by atomic mass is 16.5. The van der Waals surface area contributed by atoms with E-state index in [-0.39, 0.29) is 17.9 Å². The lowest BCUT2D eigenvalue weighted by Gasteiger charge is -2.19. The summed E-state index contributed by atoms with van der Waals surface area (Å²) in [7, 11) is 1.41. The second-order valence-corrected chi connectivity index (χ2v) is 5.01. The molecule has 4 nitrogen and oxygen atoms in total. The molecule has 0 N–H and O–H groups in total. The first kappa shape index (κ1) is 13.1. The number of hydrogen-bond acceptors (Lipinski definition) is 4. The van der Waals surface area contributed by atoms with E-state index >= 15 is 0 Å². The summed E-state index contributed by atoms with van der Waals surface area (Å²) in [4.78, 5) is 22.8. The maximum absolute atomic E-state index is 11.7. The average Bonchev–Trinajstić information content (AvgIpc) is 2.95. The first-order valence-corrected chi connectivity index (χ1v) is 6.59. The van der Waals surface area contributed by atoms with E-state index in [1.165, 1.54) is 12.7 Å². The van der Waals surface area contributed by atoms with Crippen LogP contribution in [0.2, 0.25) is 0 Å². The van der Waals surface area contributed by atoms with Gasteiger partial charge in [-0.15, -0.1) is 0 Å². The molecule has 2 aliphatic rings. The third-order valence-corrected chi connectivity index (χ3v) is 4.00. The van der Waals surface area contributed by atoms with Crippen LogP contribution in [0.4, 0.5) is 0 Å². The van der Waals surface area contributed by atoms with Gasteiger partial charge in [0.05, 0.1) is 19.6 Å². The second kappa shape index (κ2) is 5.55. The highest BCUT2D eigenvalue weighted by molar-refractivity contribution is 5.74. The van der Waals surface area contributed by atoms with Crippen molar-refractivity contribution in [3.63, 3.8) is 0 Å². The van der Waals surface area contributed by atoms with Gasteiger partial charge < -0.3 is 9.47 Å². The number of carbonyl (C=O) groups excluding carboxylic acids is 2. The Balaban J connectivity index is 1.89. The summed E-state index contributed by atoms with van der Waals surface area (Å²) in [6, 6.07) is 0. The normalized spacial score (nSPS) is 29.0. The van der Waals surface area contributed by atoms with Crippen LogP contribution in [-0.4, -0.2) is 25.7 Å². The molecule has 2 bridgehead atoms. The predicted octanol–water partition coefficient (Wildman–Crippen LogP) is 2.09. The van der Waals surface area contributed by atoms with Gasteiger partial charge in [0.2, 0.25) is 0 Å². The molecule has 0 aromatic heterocycles. The van der Waals surface area contributed by atoms with Crippen molar-refractivity contribution in [2.75, 3.05) is 13.7 Å². The van der Waals surface area contributed by atoms with Crippen molar-refractivity contribution in [2.45, 2.75) is 32.6 Å². The molecule has 1 saturated carbocycles. The zero-order chi connectivity index (χ0) is 13.1. The Morgan fingerprint density at radius 1 is 1.39 bits per heavy atom. The summed E-state index contributed by atoms with van der Waals surface area (Å²) in [6.45, 7) is 2.29. The molecule has 2 rings (SSSR count). The Morgan fingerprint density at radius 2 is 2.17 bits per heavy atom. The number of hydrogen-bond donors (Lipinski definition) is 0. The molecule has 100 valence electrons. The first-order valence-electron chi connectivity index (χ1n) is 6.59. The molecular weight excluding hydrogens is 232 g/mol. The van der Waals surface area contributed by atoms with Crippen LogP contribution >= 0.6 is 0 Å². The molecule has 0 aromatic rings. The molecule has 0 heterocycles. The lowest BCUT2D eigenvalue weighted by atomic mass is 9.88. The van der Waals surface area contributed by atoms with E-state index in [4.69, 9.17) is 4.74 Å². The minimum Gasteiger partial charge on any atom is -0.469 e. The standard InChI is InChI=1S/C14H20O4/c1-3-18-14(16)12-8-10-7-11(12)6-9(10)4-5-13(15)17-2/h6,10-12H,3-5,7-8H2,1-2H3/t10-,11+,12-/m1/s1. The maximum Gasteiger partial charge on any atom is 0.309 e. The van der Waals surface area contributed by atoms with Gasteiger partial charge >= 0.3 is 11.9 Å². The highest BCUT2D eigenvalue weighted by Gasteiger charge is 2.44. The Bertz CT molecular complexity index is 372. The molecule has 0 radical (unpaired) electrons. The zero-order valence-electron chi connectivity index (χ0n) is 11.0. The molecule has 0 amide bonds. The van der Waals surface area contributed by atoms with Crippen molar-refractivity contribution in [2.24, 2.45) is 17.8 Å².